The van der Waals surface area contributed by atoms with Crippen LogP contribution in [0, 0.1) is 5.82 Å². The molecule has 0 fully saturated rings. The maximum atomic E-state index is 13.1. The fourth-order valence-corrected chi connectivity index (χ4v) is 1.77. The van der Waals surface area contributed by atoms with Crippen LogP contribution in [0.4, 0.5) is 4.39 Å². The van der Waals surface area contributed by atoms with Crippen molar-refractivity contribution in [3.05, 3.63) is 23.5 Å². The van der Waals surface area contributed by atoms with Gasteiger partial charge in [0.25, 0.3) is 0 Å². The first-order chi connectivity index (χ1) is 5.83. The van der Waals surface area contributed by atoms with Crippen molar-refractivity contribution in [3.63, 3.8) is 0 Å². The second-order valence-corrected chi connectivity index (χ2v) is 3.13. The number of ether oxygens (including phenoxy) is 1. The quantitative estimate of drug-likeness (QED) is 0.677. The van der Waals surface area contributed by atoms with Gasteiger partial charge in [-0.25, -0.2) is 9.37 Å². The van der Waals surface area contributed by atoms with Gasteiger partial charge in [0.1, 0.15) is 17.1 Å². The van der Waals surface area contributed by atoms with Gasteiger partial charge in [-0.3, -0.25) is 0 Å². The number of thiazole rings is 1. The maximum absolute atomic E-state index is 13.1. The van der Waals surface area contributed by atoms with Crippen LogP contribution in [-0.2, 0) is 0 Å². The summed E-state index contributed by atoms with van der Waals surface area (Å²) in [5.41, 5.74) is 2.21. The highest BCUT2D eigenvalue weighted by atomic mass is 32.1. The monoisotopic (exact) mass is 183 g/mol. The Kier molecular flexibility index (Phi) is 1.69. The smallest absolute Gasteiger partial charge is 0.146 e. The molecule has 0 atom stereocenters. The van der Waals surface area contributed by atoms with Crippen LogP contribution in [0.25, 0.3) is 10.2 Å². The maximum Gasteiger partial charge on any atom is 0.146 e. The van der Waals surface area contributed by atoms with E-state index in [2.05, 4.69) is 4.98 Å². The van der Waals surface area contributed by atoms with Crippen LogP contribution >= 0.6 is 11.3 Å². The predicted molar refractivity (Wildman–Crippen MR) is 46.1 cm³/mol. The van der Waals surface area contributed by atoms with E-state index in [1.807, 2.05) is 0 Å². The van der Waals surface area contributed by atoms with E-state index < -0.39 is 0 Å². The Morgan fingerprint density at radius 3 is 3.08 bits per heavy atom. The number of benzene rings is 1. The lowest BCUT2D eigenvalue weighted by Crippen LogP contribution is -1.85. The van der Waals surface area contributed by atoms with Crippen molar-refractivity contribution in [3.8, 4) is 5.75 Å². The highest BCUT2D eigenvalue weighted by Gasteiger charge is 2.07. The minimum Gasteiger partial charge on any atom is -0.494 e. The number of halogens is 1. The van der Waals surface area contributed by atoms with E-state index in [0.717, 1.165) is 0 Å². The molecule has 0 amide bonds. The number of nitrogens with zero attached hydrogens (tertiary/aromatic N) is 1. The summed E-state index contributed by atoms with van der Waals surface area (Å²) in [6, 6.07) is 2.97. The Bertz CT molecular complexity index is 412. The molecule has 0 N–H and O–H groups in total. The minimum absolute atomic E-state index is 0.242. The second kappa shape index (κ2) is 2.71. The first-order valence-corrected chi connectivity index (χ1v) is 4.26. The van der Waals surface area contributed by atoms with Crippen molar-refractivity contribution in [2.24, 2.45) is 0 Å². The fourth-order valence-electron chi connectivity index (χ4n) is 1.06. The summed E-state index contributed by atoms with van der Waals surface area (Å²) in [6.45, 7) is 0. The van der Waals surface area contributed by atoms with Crippen molar-refractivity contribution < 1.29 is 9.13 Å². The lowest BCUT2D eigenvalue weighted by atomic mass is 10.3. The average Bonchev–Trinajstić information content (AvgIpc) is 2.54. The van der Waals surface area contributed by atoms with E-state index in [0.29, 0.717) is 16.0 Å². The Morgan fingerprint density at radius 1 is 1.50 bits per heavy atom. The standard InChI is InChI=1S/C8H6FNOS/c1-11-6-3-2-5(9)8-7(6)10-4-12-8/h2-4H,1H3. The zero-order chi connectivity index (χ0) is 8.55. The fraction of sp³-hybridized carbons (Fsp3) is 0.125. The summed E-state index contributed by atoms with van der Waals surface area (Å²) in [6.07, 6.45) is 0. The van der Waals surface area contributed by atoms with Crippen molar-refractivity contribution in [1.29, 1.82) is 0 Å². The largest absolute Gasteiger partial charge is 0.494 e. The van der Waals surface area contributed by atoms with Gasteiger partial charge in [0.05, 0.1) is 17.3 Å². The Hall–Kier alpha value is -1.16. The number of fused-ring (bicyclic) bond motifs is 1. The molecule has 0 unspecified atom stereocenters. The van der Waals surface area contributed by atoms with Gasteiger partial charge in [-0.15, -0.1) is 11.3 Å². The molecule has 4 heteroatoms. The molecule has 1 heterocycles. The van der Waals surface area contributed by atoms with Crippen molar-refractivity contribution in [1.82, 2.24) is 4.98 Å². The van der Waals surface area contributed by atoms with Crippen LogP contribution < -0.4 is 4.74 Å². The SMILES string of the molecule is COc1ccc(F)c2scnc12. The lowest BCUT2D eigenvalue weighted by molar-refractivity contribution is 0.418. The zero-order valence-corrected chi connectivity index (χ0v) is 7.19. The van der Waals surface area contributed by atoms with Crippen molar-refractivity contribution in [2.45, 2.75) is 0 Å². The number of rotatable bonds is 1. The second-order valence-electron chi connectivity index (χ2n) is 2.28. The van der Waals surface area contributed by atoms with E-state index in [4.69, 9.17) is 4.74 Å². The van der Waals surface area contributed by atoms with Gasteiger partial charge in [0.2, 0.25) is 0 Å². The van der Waals surface area contributed by atoms with Gasteiger partial charge in [0.15, 0.2) is 0 Å². The summed E-state index contributed by atoms with van der Waals surface area (Å²) >= 11 is 1.28. The summed E-state index contributed by atoms with van der Waals surface area (Å²) in [7, 11) is 1.55. The third-order valence-corrected chi connectivity index (χ3v) is 2.45. The number of hydrogen-bond acceptors (Lipinski definition) is 3. The lowest BCUT2D eigenvalue weighted by Gasteiger charge is -1.99. The molecule has 0 aliphatic heterocycles. The molecule has 2 aromatic rings. The average molecular weight is 183 g/mol. The minimum atomic E-state index is -0.242. The molecule has 0 radical (unpaired) electrons. The van der Waals surface area contributed by atoms with Gasteiger partial charge in [-0.1, -0.05) is 0 Å². The van der Waals surface area contributed by atoms with Crippen LogP contribution in [0.5, 0.6) is 5.75 Å². The number of hydrogen-bond donors (Lipinski definition) is 0. The van der Waals surface area contributed by atoms with Gasteiger partial charge >= 0.3 is 0 Å². The first kappa shape index (κ1) is 7.49. The Balaban J connectivity index is 2.82. The third-order valence-electron chi connectivity index (χ3n) is 1.62. The van der Waals surface area contributed by atoms with Gasteiger partial charge in [-0.05, 0) is 12.1 Å². The van der Waals surface area contributed by atoms with Crippen LogP contribution in [-0.4, -0.2) is 12.1 Å². The molecule has 0 bridgehead atoms. The zero-order valence-electron chi connectivity index (χ0n) is 6.37. The van der Waals surface area contributed by atoms with E-state index in [9.17, 15) is 4.39 Å². The Labute approximate surface area is 72.6 Å². The molecular formula is C8H6FNOS. The molecule has 0 aliphatic carbocycles. The highest BCUT2D eigenvalue weighted by molar-refractivity contribution is 7.16. The van der Waals surface area contributed by atoms with Gasteiger partial charge in [-0.2, -0.15) is 0 Å². The molecule has 1 aromatic carbocycles. The van der Waals surface area contributed by atoms with Crippen LogP contribution in [0.3, 0.4) is 0 Å². The third kappa shape index (κ3) is 0.956. The molecule has 2 rings (SSSR count). The molecule has 0 saturated carbocycles. The summed E-state index contributed by atoms with van der Waals surface area (Å²) < 4.78 is 18.6. The molecular weight excluding hydrogens is 177 g/mol. The van der Waals surface area contributed by atoms with Crippen molar-refractivity contribution in [2.75, 3.05) is 7.11 Å². The molecule has 0 saturated heterocycles. The first-order valence-electron chi connectivity index (χ1n) is 3.38. The summed E-state index contributed by atoms with van der Waals surface area (Å²) in [4.78, 5) is 4.00. The number of aromatic nitrogens is 1. The summed E-state index contributed by atoms with van der Waals surface area (Å²) in [5.74, 6) is 0.376. The van der Waals surface area contributed by atoms with Crippen molar-refractivity contribution >= 4 is 21.6 Å². The molecule has 62 valence electrons. The van der Waals surface area contributed by atoms with E-state index in [1.54, 1.807) is 18.7 Å². The van der Waals surface area contributed by atoms with E-state index >= 15 is 0 Å². The van der Waals surface area contributed by atoms with Gasteiger partial charge in [0, 0.05) is 0 Å². The molecule has 0 spiro atoms. The topological polar surface area (TPSA) is 22.1 Å². The van der Waals surface area contributed by atoms with Crippen LogP contribution in [0.2, 0.25) is 0 Å². The van der Waals surface area contributed by atoms with E-state index in [1.165, 1.54) is 17.4 Å². The van der Waals surface area contributed by atoms with E-state index in [-0.39, 0.29) is 5.82 Å². The predicted octanol–water partition coefficient (Wildman–Crippen LogP) is 2.44. The molecule has 0 aliphatic rings. The molecule has 1 aromatic heterocycles. The number of methoxy groups -OCH3 is 1. The Morgan fingerprint density at radius 2 is 2.33 bits per heavy atom. The van der Waals surface area contributed by atoms with Crippen LogP contribution in [0.15, 0.2) is 17.6 Å². The highest BCUT2D eigenvalue weighted by Crippen LogP contribution is 2.28. The molecule has 2 nitrogen and oxygen atoms in total. The summed E-state index contributed by atoms with van der Waals surface area (Å²) in [5, 5.41) is 0. The van der Waals surface area contributed by atoms with Crippen LogP contribution in [0.1, 0.15) is 0 Å². The molecule has 12 heavy (non-hydrogen) atoms. The normalized spacial score (nSPS) is 10.5. The van der Waals surface area contributed by atoms with Gasteiger partial charge < -0.3 is 4.74 Å².